The van der Waals surface area contributed by atoms with Gasteiger partial charge in [0, 0.05) is 16.9 Å². The summed E-state index contributed by atoms with van der Waals surface area (Å²) in [5, 5.41) is 24.1. The molecule has 47 heavy (non-hydrogen) atoms. The zero-order chi connectivity index (χ0) is 34.5. The van der Waals surface area contributed by atoms with Gasteiger partial charge in [-0.15, -0.1) is 5.10 Å². The van der Waals surface area contributed by atoms with Crippen LogP contribution in [0.3, 0.4) is 0 Å². The summed E-state index contributed by atoms with van der Waals surface area (Å²) in [5.74, 6) is 0.729. The molecule has 1 aliphatic heterocycles. The highest BCUT2D eigenvalue weighted by atomic mass is 16.5. The van der Waals surface area contributed by atoms with Crippen molar-refractivity contribution in [2.75, 3.05) is 18.9 Å². The summed E-state index contributed by atoms with van der Waals surface area (Å²) in [6.45, 7) is 23.7. The Morgan fingerprint density at radius 2 is 1.74 bits per heavy atom. The van der Waals surface area contributed by atoms with Gasteiger partial charge in [0.25, 0.3) is 5.95 Å². The van der Waals surface area contributed by atoms with Crippen molar-refractivity contribution in [3.8, 4) is 0 Å². The number of fused-ring (bicyclic) bond motifs is 3. The lowest BCUT2D eigenvalue weighted by molar-refractivity contribution is -0.259. The zero-order valence-corrected chi connectivity index (χ0v) is 30.6. The molecule has 4 fully saturated rings. The molecule has 2 heterocycles. The lowest BCUT2D eigenvalue weighted by Crippen LogP contribution is -2.69. The minimum absolute atomic E-state index is 0.115. The van der Waals surface area contributed by atoms with Crippen molar-refractivity contribution in [1.82, 2.24) is 20.2 Å². The van der Waals surface area contributed by atoms with Crippen molar-refractivity contribution < 1.29 is 19.4 Å². The first-order valence-electron chi connectivity index (χ1n) is 18.3. The summed E-state index contributed by atoms with van der Waals surface area (Å²) in [7, 11) is 0. The van der Waals surface area contributed by atoms with Crippen LogP contribution in [0.1, 0.15) is 114 Å². The normalized spacial score (nSPS) is 45.0. The number of hydrogen-bond acceptors (Lipinski definition) is 8. The molecule has 1 saturated heterocycles. The predicted molar refractivity (Wildman–Crippen MR) is 182 cm³/mol. The van der Waals surface area contributed by atoms with Gasteiger partial charge in [0.1, 0.15) is 6.04 Å². The number of nitrogen functional groups attached to an aromatic ring is 1. The third kappa shape index (κ3) is 4.80. The number of anilines is 1. The Morgan fingerprint density at radius 3 is 2.34 bits per heavy atom. The largest absolute Gasteiger partial charge is 0.481 e. The molecule has 1 aromatic heterocycles. The minimum Gasteiger partial charge on any atom is -0.481 e. The van der Waals surface area contributed by atoms with E-state index < -0.39 is 11.9 Å². The Hall–Kier alpha value is -2.04. The molecule has 10 heteroatoms. The Morgan fingerprint density at radius 1 is 1.04 bits per heavy atom. The van der Waals surface area contributed by atoms with Crippen molar-refractivity contribution >= 4 is 11.9 Å². The zero-order valence-electron chi connectivity index (χ0n) is 30.6. The van der Waals surface area contributed by atoms with Gasteiger partial charge < -0.3 is 26.0 Å². The second-order valence-corrected chi connectivity index (χ2v) is 18.2. The van der Waals surface area contributed by atoms with E-state index in [1.54, 1.807) is 4.80 Å². The van der Waals surface area contributed by atoms with Gasteiger partial charge in [-0.3, -0.25) is 4.79 Å². The first kappa shape index (κ1) is 34.8. The molecule has 0 radical (unpaired) electrons. The maximum absolute atomic E-state index is 13.4. The van der Waals surface area contributed by atoms with Crippen molar-refractivity contribution in [2.45, 2.75) is 132 Å². The molecule has 5 aliphatic rings. The van der Waals surface area contributed by atoms with Crippen LogP contribution < -0.4 is 11.5 Å². The maximum Gasteiger partial charge on any atom is 0.307 e. The van der Waals surface area contributed by atoms with Crippen LogP contribution in [0, 0.1) is 62.6 Å². The van der Waals surface area contributed by atoms with E-state index in [2.05, 4.69) is 90.7 Å². The molecule has 10 nitrogen and oxygen atoms in total. The molecule has 5 N–H and O–H groups in total. The van der Waals surface area contributed by atoms with Crippen molar-refractivity contribution in [1.29, 1.82) is 0 Å². The van der Waals surface area contributed by atoms with Crippen LogP contribution in [0.5, 0.6) is 0 Å². The average molecular weight is 655 g/mol. The van der Waals surface area contributed by atoms with Crippen LogP contribution >= 0.6 is 0 Å². The van der Waals surface area contributed by atoms with Gasteiger partial charge >= 0.3 is 5.97 Å². The highest BCUT2D eigenvalue weighted by Crippen LogP contribution is 2.75. The number of nitrogens with two attached hydrogens (primary N) is 2. The summed E-state index contributed by atoms with van der Waals surface area (Å²) in [6.07, 6.45) is 7.66. The van der Waals surface area contributed by atoms with Crippen molar-refractivity contribution in [3.05, 3.63) is 11.6 Å². The van der Waals surface area contributed by atoms with E-state index in [9.17, 15) is 9.90 Å². The molecular formula is C37H62N6O4. The highest BCUT2D eigenvalue weighted by Gasteiger charge is 2.72. The molecule has 3 saturated carbocycles. The van der Waals surface area contributed by atoms with E-state index in [0.717, 1.165) is 38.5 Å². The predicted octanol–water partition coefficient (Wildman–Crippen LogP) is 6.14. The first-order chi connectivity index (χ1) is 21.9. The van der Waals surface area contributed by atoms with E-state index in [4.69, 9.17) is 20.9 Å². The number of carboxylic acids is 1. The van der Waals surface area contributed by atoms with Gasteiger partial charge in [0.2, 0.25) is 0 Å². The smallest absolute Gasteiger partial charge is 0.307 e. The van der Waals surface area contributed by atoms with E-state index in [-0.39, 0.29) is 69.2 Å². The van der Waals surface area contributed by atoms with Crippen molar-refractivity contribution in [2.24, 2.45) is 68.3 Å². The van der Waals surface area contributed by atoms with Crippen LogP contribution in [0.4, 0.5) is 5.95 Å². The van der Waals surface area contributed by atoms with Crippen LogP contribution in [0.2, 0.25) is 0 Å². The molecule has 4 aliphatic carbocycles. The second-order valence-electron chi connectivity index (χ2n) is 18.2. The first-order valence-corrected chi connectivity index (χ1v) is 18.3. The number of carboxylic acid groups (broad SMARTS) is 1. The van der Waals surface area contributed by atoms with E-state index in [1.807, 2.05) is 0 Å². The van der Waals surface area contributed by atoms with Crippen LogP contribution in [0.15, 0.2) is 11.6 Å². The fourth-order valence-electron chi connectivity index (χ4n) is 12.3. The molecular weight excluding hydrogens is 592 g/mol. The lowest BCUT2D eigenvalue weighted by atomic mass is 9.34. The number of tetrazole rings is 1. The van der Waals surface area contributed by atoms with Gasteiger partial charge in [0.05, 0.1) is 31.3 Å². The highest BCUT2D eigenvalue weighted by molar-refractivity contribution is 5.73. The topological polar surface area (TPSA) is 151 Å². The summed E-state index contributed by atoms with van der Waals surface area (Å²) in [6, 6.07) is -0.308. The van der Waals surface area contributed by atoms with Crippen molar-refractivity contribution in [3.63, 3.8) is 0 Å². The number of nitrogens with zero attached hydrogens (tertiary/aromatic N) is 4. The number of rotatable bonds is 8. The summed E-state index contributed by atoms with van der Waals surface area (Å²) >= 11 is 0. The molecule has 0 amide bonds. The van der Waals surface area contributed by atoms with Crippen LogP contribution in [-0.4, -0.2) is 62.7 Å². The number of carbonyl (C=O) groups is 1. The summed E-state index contributed by atoms with van der Waals surface area (Å²) < 4.78 is 13.7. The second kappa shape index (κ2) is 11.5. The van der Waals surface area contributed by atoms with E-state index in [0.29, 0.717) is 31.0 Å². The van der Waals surface area contributed by atoms with E-state index in [1.165, 1.54) is 5.57 Å². The summed E-state index contributed by atoms with van der Waals surface area (Å²) in [5.41, 5.74) is 12.9. The van der Waals surface area contributed by atoms with E-state index >= 15 is 0 Å². The van der Waals surface area contributed by atoms with Gasteiger partial charge in [0.15, 0.2) is 0 Å². The van der Waals surface area contributed by atoms with Gasteiger partial charge in [-0.1, -0.05) is 79.1 Å². The van der Waals surface area contributed by atoms with Crippen LogP contribution in [-0.2, 0) is 14.3 Å². The third-order valence-corrected chi connectivity index (χ3v) is 15.5. The number of aliphatic carboxylic acids is 1. The molecule has 0 spiro atoms. The number of allylic oxidation sites excluding steroid dienone is 1. The fraction of sp³-hybridized carbons (Fsp3) is 0.892. The molecule has 2 bridgehead atoms. The molecule has 0 aromatic carbocycles. The maximum atomic E-state index is 13.4. The Kier molecular flexibility index (Phi) is 8.52. The fourth-order valence-corrected chi connectivity index (χ4v) is 12.3. The SMILES string of the molecule is CC(C)C(N)C(C)O[C@H]1[C@H](n2nnc(N)n2)C[C@@]23COC[C@]1(C)[C@@H]2CC[C@H]1C3=CC[C@@]2(C)[C@H](C(=O)O)[C@@](C)([C@H](C)C(C)C)CC[C@]12C. The minimum atomic E-state index is -0.632. The third-order valence-electron chi connectivity index (χ3n) is 15.5. The number of ether oxygens (including phenoxy) is 2. The standard InChI is InChI=1S/C37H62N6O4/c1-20(2)22(5)33(7)15-16-35(9)24-11-12-27-34(8)18-46-19-37(27,25(24)13-14-36(35,10)29(33)31(44)45)17-26(43-41-32(39)40-42-43)30(34)47-23(6)28(38)21(3)4/h13,20-24,26-30H,11-12,14-19,38H2,1-10H3,(H2,39,41)(H,44,45)/t22-,23?,24+,26-,27+,28?,29-,30+,33-,34-,35-,36+,37+/m1/s1. The number of aromatic nitrogens is 4. The molecule has 6 rings (SSSR count). The lowest BCUT2D eigenvalue weighted by Gasteiger charge is -2.71. The van der Waals surface area contributed by atoms with Gasteiger partial charge in [-0.25, -0.2) is 0 Å². The molecule has 264 valence electrons. The molecule has 2 unspecified atom stereocenters. The van der Waals surface area contributed by atoms with Gasteiger partial charge in [-0.05, 0) is 96.5 Å². The Labute approximate surface area is 282 Å². The Balaban J connectivity index is 1.45. The molecule has 1 aromatic rings. The quantitative estimate of drug-likeness (QED) is 0.281. The monoisotopic (exact) mass is 654 g/mol. The van der Waals surface area contributed by atoms with Crippen LogP contribution in [0.25, 0.3) is 0 Å². The molecule has 13 atom stereocenters. The van der Waals surface area contributed by atoms with Gasteiger partial charge in [-0.2, -0.15) is 4.80 Å². The number of hydrogen-bond donors (Lipinski definition) is 3. The average Bonchev–Trinajstić information content (AvgIpc) is 3.43. The summed E-state index contributed by atoms with van der Waals surface area (Å²) in [4.78, 5) is 15.1. The Bertz CT molecular complexity index is 1400.